The smallest absolute Gasteiger partial charge is 0.262 e. The molecule has 0 spiro atoms. The molecule has 0 saturated carbocycles. The molecule has 1 amide bonds. The molecule has 1 aliphatic rings. The Kier molecular flexibility index (Phi) is 5.91. The van der Waals surface area contributed by atoms with Gasteiger partial charge in [-0.05, 0) is 54.4 Å². The van der Waals surface area contributed by atoms with Crippen molar-refractivity contribution in [3.8, 4) is 17.2 Å². The molecule has 0 fully saturated rings. The molecule has 0 atom stereocenters. The number of benzene rings is 3. The second-order valence-electron chi connectivity index (χ2n) is 7.82. The lowest BCUT2D eigenvalue weighted by Gasteiger charge is -2.18. The van der Waals surface area contributed by atoms with Crippen LogP contribution in [0.2, 0.25) is 0 Å². The van der Waals surface area contributed by atoms with E-state index in [1.54, 1.807) is 36.4 Å². The zero-order chi connectivity index (χ0) is 23.5. The monoisotopic (exact) mass is 457 g/mol. The topological polar surface area (TPSA) is 87.0 Å². The summed E-state index contributed by atoms with van der Waals surface area (Å²) in [7, 11) is 0. The van der Waals surface area contributed by atoms with Gasteiger partial charge in [-0.2, -0.15) is 0 Å². The molecule has 1 aliphatic heterocycles. The first-order chi connectivity index (χ1) is 16.6. The van der Waals surface area contributed by atoms with Crippen LogP contribution in [-0.4, -0.2) is 31.5 Å². The molecule has 4 aromatic rings. The van der Waals surface area contributed by atoms with E-state index in [1.165, 1.54) is 5.56 Å². The maximum atomic E-state index is 13.4. The molecule has 3 aromatic carbocycles. The van der Waals surface area contributed by atoms with E-state index in [0.717, 1.165) is 6.42 Å². The molecule has 5 rings (SSSR count). The summed E-state index contributed by atoms with van der Waals surface area (Å²) in [6.07, 6.45) is 0.925. The number of nitrogens with one attached hydrogen (secondary N) is 1. The summed E-state index contributed by atoms with van der Waals surface area (Å²) in [6, 6.07) is 19.7. The Morgan fingerprint density at radius 2 is 1.71 bits per heavy atom. The van der Waals surface area contributed by atoms with Crippen molar-refractivity contribution in [2.45, 2.75) is 13.3 Å². The summed E-state index contributed by atoms with van der Waals surface area (Å²) < 4.78 is 22.6. The Balaban J connectivity index is 1.39. The van der Waals surface area contributed by atoms with Gasteiger partial charge < -0.3 is 23.9 Å². The van der Waals surface area contributed by atoms with E-state index in [1.807, 2.05) is 30.3 Å². The minimum absolute atomic E-state index is 0.0403. The van der Waals surface area contributed by atoms with Crippen molar-refractivity contribution < 1.29 is 28.2 Å². The van der Waals surface area contributed by atoms with Gasteiger partial charge in [-0.3, -0.25) is 9.59 Å². The van der Waals surface area contributed by atoms with Crippen LogP contribution in [0.25, 0.3) is 11.0 Å². The Morgan fingerprint density at radius 3 is 2.50 bits per heavy atom. The van der Waals surface area contributed by atoms with Crippen molar-refractivity contribution in [1.29, 1.82) is 0 Å². The van der Waals surface area contributed by atoms with Crippen molar-refractivity contribution in [3.63, 3.8) is 0 Å². The van der Waals surface area contributed by atoms with E-state index in [2.05, 4.69) is 12.2 Å². The SMILES string of the molecule is CCc1ccc(OCC(=O)Nc2c(C(=O)c3ccc4c(c3)OCCO4)oc3ccccc23)cc1. The van der Waals surface area contributed by atoms with E-state index in [-0.39, 0.29) is 18.2 Å². The van der Waals surface area contributed by atoms with Crippen LogP contribution in [0.5, 0.6) is 17.2 Å². The van der Waals surface area contributed by atoms with Crippen LogP contribution in [0.15, 0.2) is 71.1 Å². The molecule has 0 radical (unpaired) electrons. The van der Waals surface area contributed by atoms with Gasteiger partial charge in [0.15, 0.2) is 23.9 Å². The highest BCUT2D eigenvalue weighted by molar-refractivity contribution is 6.17. The van der Waals surface area contributed by atoms with Gasteiger partial charge in [0.25, 0.3) is 5.91 Å². The number of fused-ring (bicyclic) bond motifs is 2. The van der Waals surface area contributed by atoms with E-state index in [4.69, 9.17) is 18.6 Å². The van der Waals surface area contributed by atoms with Crippen molar-refractivity contribution in [1.82, 2.24) is 0 Å². The molecule has 1 N–H and O–H groups in total. The van der Waals surface area contributed by atoms with E-state index >= 15 is 0 Å². The van der Waals surface area contributed by atoms with Crippen LogP contribution < -0.4 is 19.5 Å². The largest absolute Gasteiger partial charge is 0.486 e. The predicted molar refractivity (Wildman–Crippen MR) is 127 cm³/mol. The number of furan rings is 1. The van der Waals surface area contributed by atoms with E-state index in [9.17, 15) is 9.59 Å². The predicted octanol–water partition coefficient (Wildman–Crippen LogP) is 5.01. The summed E-state index contributed by atoms with van der Waals surface area (Å²) in [6.45, 7) is 2.74. The van der Waals surface area contributed by atoms with Gasteiger partial charge in [0.05, 0.1) is 5.69 Å². The molecule has 0 saturated heterocycles. The Bertz CT molecular complexity index is 1360. The minimum atomic E-state index is -0.401. The standard InChI is InChI=1S/C27H23NO6/c1-2-17-7-10-19(11-8-17)33-16-24(29)28-25-20-5-3-4-6-21(20)34-27(25)26(30)18-9-12-22-23(15-18)32-14-13-31-22/h3-12,15H,2,13-14,16H2,1H3,(H,28,29). The van der Waals surface area contributed by atoms with Gasteiger partial charge in [0.1, 0.15) is 24.5 Å². The number of ketones is 1. The highest BCUT2D eigenvalue weighted by Crippen LogP contribution is 2.35. The second-order valence-corrected chi connectivity index (χ2v) is 7.82. The summed E-state index contributed by atoms with van der Waals surface area (Å²) in [5.41, 5.74) is 2.36. The fourth-order valence-corrected chi connectivity index (χ4v) is 3.79. The molecule has 0 bridgehead atoms. The third kappa shape index (κ3) is 4.32. The number of hydrogen-bond acceptors (Lipinski definition) is 6. The summed E-state index contributed by atoms with van der Waals surface area (Å²) in [5, 5.41) is 3.43. The number of hydrogen-bond donors (Lipinski definition) is 1. The fraction of sp³-hybridized carbons (Fsp3) is 0.185. The lowest BCUT2D eigenvalue weighted by Crippen LogP contribution is -2.21. The molecule has 1 aromatic heterocycles. The average Bonchev–Trinajstić information content (AvgIpc) is 3.25. The summed E-state index contributed by atoms with van der Waals surface area (Å²) in [5.74, 6) is 0.948. The maximum Gasteiger partial charge on any atom is 0.262 e. The average molecular weight is 457 g/mol. The van der Waals surface area contributed by atoms with Crippen molar-refractivity contribution in [3.05, 3.63) is 83.6 Å². The Hall–Kier alpha value is -4.26. The first-order valence-electron chi connectivity index (χ1n) is 11.1. The zero-order valence-corrected chi connectivity index (χ0v) is 18.6. The number of anilines is 1. The van der Waals surface area contributed by atoms with Gasteiger partial charge >= 0.3 is 0 Å². The lowest BCUT2D eigenvalue weighted by atomic mass is 10.1. The quantitative estimate of drug-likeness (QED) is 0.393. The van der Waals surface area contributed by atoms with Crippen molar-refractivity contribution in [2.24, 2.45) is 0 Å². The summed E-state index contributed by atoms with van der Waals surface area (Å²) >= 11 is 0. The molecule has 0 aliphatic carbocycles. The molecule has 7 nitrogen and oxygen atoms in total. The minimum Gasteiger partial charge on any atom is -0.486 e. The van der Waals surface area contributed by atoms with Gasteiger partial charge in [-0.15, -0.1) is 0 Å². The maximum absolute atomic E-state index is 13.4. The lowest BCUT2D eigenvalue weighted by molar-refractivity contribution is -0.118. The number of carbonyl (C=O) groups is 2. The zero-order valence-electron chi connectivity index (χ0n) is 18.6. The molecule has 0 unspecified atom stereocenters. The van der Waals surface area contributed by atoms with Crippen LogP contribution in [0.4, 0.5) is 5.69 Å². The van der Waals surface area contributed by atoms with Crippen molar-refractivity contribution in [2.75, 3.05) is 25.1 Å². The van der Waals surface area contributed by atoms with Gasteiger partial charge in [0, 0.05) is 10.9 Å². The van der Waals surface area contributed by atoms with Crippen LogP contribution >= 0.6 is 0 Å². The van der Waals surface area contributed by atoms with Crippen molar-refractivity contribution >= 4 is 28.3 Å². The number of aryl methyl sites for hydroxylation is 1. The van der Waals surface area contributed by atoms with Gasteiger partial charge in [-0.1, -0.05) is 31.2 Å². The van der Waals surface area contributed by atoms with Gasteiger partial charge in [0.2, 0.25) is 5.78 Å². The Labute approximate surface area is 196 Å². The molecule has 34 heavy (non-hydrogen) atoms. The second kappa shape index (κ2) is 9.31. The highest BCUT2D eigenvalue weighted by atomic mass is 16.6. The number of carbonyl (C=O) groups excluding carboxylic acids is 2. The van der Waals surface area contributed by atoms with E-state index < -0.39 is 5.91 Å². The first-order valence-corrected chi connectivity index (χ1v) is 11.1. The fourth-order valence-electron chi connectivity index (χ4n) is 3.79. The third-order valence-electron chi connectivity index (χ3n) is 5.57. The molecular weight excluding hydrogens is 434 g/mol. The third-order valence-corrected chi connectivity index (χ3v) is 5.57. The molecule has 7 heteroatoms. The Morgan fingerprint density at radius 1 is 0.941 bits per heavy atom. The number of rotatable bonds is 7. The first kappa shape index (κ1) is 21.6. The number of amides is 1. The van der Waals surface area contributed by atoms with Gasteiger partial charge in [-0.25, -0.2) is 0 Å². The number of ether oxygens (including phenoxy) is 3. The molecule has 2 heterocycles. The van der Waals surface area contributed by atoms with Crippen LogP contribution in [0.1, 0.15) is 28.6 Å². The van der Waals surface area contributed by atoms with Crippen LogP contribution in [0.3, 0.4) is 0 Å². The van der Waals surface area contributed by atoms with Crippen LogP contribution in [0, 0.1) is 0 Å². The normalized spacial score (nSPS) is 12.4. The summed E-state index contributed by atoms with van der Waals surface area (Å²) in [4.78, 5) is 26.1. The highest BCUT2D eigenvalue weighted by Gasteiger charge is 2.25. The molecular formula is C27H23NO6. The number of para-hydroxylation sites is 1. The van der Waals surface area contributed by atoms with E-state index in [0.29, 0.717) is 52.7 Å². The molecule has 172 valence electrons. The van der Waals surface area contributed by atoms with Crippen LogP contribution in [-0.2, 0) is 11.2 Å².